The van der Waals surface area contributed by atoms with Crippen molar-refractivity contribution in [3.8, 4) is 0 Å². The molecule has 0 aliphatic carbocycles. The Labute approximate surface area is 100.0 Å². The summed E-state index contributed by atoms with van der Waals surface area (Å²) in [6.07, 6.45) is 0. The van der Waals surface area contributed by atoms with E-state index in [9.17, 15) is 4.79 Å². The Bertz CT molecular complexity index is 404. The van der Waals surface area contributed by atoms with Gasteiger partial charge in [0.15, 0.2) is 0 Å². The van der Waals surface area contributed by atoms with Gasteiger partial charge in [-0.2, -0.15) is 0 Å². The molecule has 0 saturated heterocycles. The van der Waals surface area contributed by atoms with Crippen molar-refractivity contribution in [3.63, 3.8) is 0 Å². The first kappa shape index (κ1) is 12.6. The van der Waals surface area contributed by atoms with E-state index in [-0.39, 0.29) is 5.91 Å². The molecule has 0 spiro atoms. The lowest BCUT2D eigenvalue weighted by Crippen LogP contribution is -2.27. The number of hydrogen-bond acceptors (Lipinski definition) is 3. The molecule has 1 aromatic carbocycles. The molecular weight excluding hydrogens is 226 g/mol. The third-order valence-electron chi connectivity index (χ3n) is 2.09. The van der Waals surface area contributed by atoms with Gasteiger partial charge in [0.05, 0.1) is 22.0 Å². The van der Waals surface area contributed by atoms with Gasteiger partial charge in [-0.25, -0.2) is 0 Å². The quantitative estimate of drug-likeness (QED) is 0.707. The summed E-state index contributed by atoms with van der Waals surface area (Å²) in [5, 5.41) is 3.08. The molecule has 0 aliphatic rings. The first-order chi connectivity index (χ1) is 7.41. The second-order valence-corrected chi connectivity index (χ2v) is 4.47. The molecular formula is C11H16ClN3O. The number of nitrogens with two attached hydrogens (primary N) is 2. The van der Waals surface area contributed by atoms with Gasteiger partial charge in [0.1, 0.15) is 0 Å². The van der Waals surface area contributed by atoms with E-state index in [1.54, 1.807) is 0 Å². The van der Waals surface area contributed by atoms with Gasteiger partial charge in [-0.05, 0) is 18.1 Å². The standard InChI is InChI=1S/C11H16ClN3O/c1-6(2)5-15-11(16)7-3-9(13)10(14)4-8(7)12/h3-4,6H,5,13-14H2,1-2H3,(H,15,16). The van der Waals surface area contributed by atoms with Crippen molar-refractivity contribution >= 4 is 28.9 Å². The molecule has 0 saturated carbocycles. The predicted molar refractivity (Wildman–Crippen MR) is 67.4 cm³/mol. The molecule has 0 atom stereocenters. The molecule has 0 radical (unpaired) electrons. The normalized spacial score (nSPS) is 10.5. The SMILES string of the molecule is CC(C)CNC(=O)c1cc(N)c(N)cc1Cl. The maximum absolute atomic E-state index is 11.7. The Hall–Kier alpha value is -1.42. The molecule has 0 aromatic heterocycles. The molecule has 0 fully saturated rings. The Kier molecular flexibility index (Phi) is 4.01. The van der Waals surface area contributed by atoms with Crippen LogP contribution in [0.3, 0.4) is 0 Å². The van der Waals surface area contributed by atoms with Crippen molar-refractivity contribution in [2.24, 2.45) is 5.92 Å². The summed E-state index contributed by atoms with van der Waals surface area (Å²) in [5.74, 6) is 0.152. The maximum atomic E-state index is 11.7. The second kappa shape index (κ2) is 5.07. The first-order valence-electron chi connectivity index (χ1n) is 5.04. The smallest absolute Gasteiger partial charge is 0.252 e. The van der Waals surface area contributed by atoms with Crippen LogP contribution in [-0.4, -0.2) is 12.5 Å². The fourth-order valence-corrected chi connectivity index (χ4v) is 1.43. The number of amides is 1. The molecule has 4 nitrogen and oxygen atoms in total. The Balaban J connectivity index is 2.87. The zero-order valence-electron chi connectivity index (χ0n) is 9.38. The minimum atomic E-state index is -0.231. The van der Waals surface area contributed by atoms with Crippen LogP contribution >= 0.6 is 11.6 Å². The largest absolute Gasteiger partial charge is 0.397 e. The van der Waals surface area contributed by atoms with Gasteiger partial charge in [0.25, 0.3) is 5.91 Å². The number of benzene rings is 1. The van der Waals surface area contributed by atoms with Crippen LogP contribution in [0.15, 0.2) is 12.1 Å². The number of rotatable bonds is 3. The minimum absolute atomic E-state index is 0.231. The lowest BCUT2D eigenvalue weighted by atomic mass is 10.1. The predicted octanol–water partition coefficient (Wildman–Crippen LogP) is 1.89. The fraction of sp³-hybridized carbons (Fsp3) is 0.364. The van der Waals surface area contributed by atoms with Crippen LogP contribution in [0.2, 0.25) is 5.02 Å². The van der Waals surface area contributed by atoms with Gasteiger partial charge in [-0.15, -0.1) is 0 Å². The lowest BCUT2D eigenvalue weighted by molar-refractivity contribution is 0.0949. The molecule has 1 rings (SSSR count). The molecule has 1 amide bonds. The van der Waals surface area contributed by atoms with E-state index >= 15 is 0 Å². The van der Waals surface area contributed by atoms with Crippen LogP contribution in [0.25, 0.3) is 0 Å². The summed E-state index contributed by atoms with van der Waals surface area (Å²) in [7, 11) is 0. The zero-order chi connectivity index (χ0) is 12.3. The summed E-state index contributed by atoms with van der Waals surface area (Å²) in [4.78, 5) is 11.7. The lowest BCUT2D eigenvalue weighted by Gasteiger charge is -2.10. The van der Waals surface area contributed by atoms with E-state index < -0.39 is 0 Å². The van der Waals surface area contributed by atoms with Crippen molar-refractivity contribution in [2.45, 2.75) is 13.8 Å². The van der Waals surface area contributed by atoms with Gasteiger partial charge < -0.3 is 16.8 Å². The van der Waals surface area contributed by atoms with Gasteiger partial charge in [0, 0.05) is 6.54 Å². The minimum Gasteiger partial charge on any atom is -0.397 e. The topological polar surface area (TPSA) is 81.1 Å². The summed E-state index contributed by atoms with van der Waals surface area (Å²) in [6, 6.07) is 2.98. The third kappa shape index (κ3) is 3.03. The van der Waals surface area contributed by atoms with E-state index in [0.717, 1.165) is 0 Å². The van der Waals surface area contributed by atoms with Crippen LogP contribution in [0.4, 0.5) is 11.4 Å². The molecule has 5 N–H and O–H groups in total. The van der Waals surface area contributed by atoms with E-state index in [2.05, 4.69) is 5.32 Å². The van der Waals surface area contributed by atoms with Crippen molar-refractivity contribution < 1.29 is 4.79 Å². The van der Waals surface area contributed by atoms with Crippen LogP contribution in [0.1, 0.15) is 24.2 Å². The number of carbonyl (C=O) groups excluding carboxylic acids is 1. The number of halogens is 1. The highest BCUT2D eigenvalue weighted by Crippen LogP contribution is 2.24. The molecule has 16 heavy (non-hydrogen) atoms. The fourth-order valence-electron chi connectivity index (χ4n) is 1.17. The second-order valence-electron chi connectivity index (χ2n) is 4.06. The summed E-state index contributed by atoms with van der Waals surface area (Å²) in [6.45, 7) is 4.62. The average Bonchev–Trinajstić information content (AvgIpc) is 2.20. The van der Waals surface area contributed by atoms with E-state index in [1.807, 2.05) is 13.8 Å². The summed E-state index contributed by atoms with van der Waals surface area (Å²) >= 11 is 5.92. The van der Waals surface area contributed by atoms with Gasteiger partial charge in [-0.3, -0.25) is 4.79 Å². The summed E-state index contributed by atoms with van der Waals surface area (Å²) in [5.41, 5.74) is 12.3. The Morgan fingerprint density at radius 2 is 1.94 bits per heavy atom. The zero-order valence-corrected chi connectivity index (χ0v) is 10.1. The first-order valence-corrected chi connectivity index (χ1v) is 5.42. The van der Waals surface area contributed by atoms with E-state index in [0.29, 0.717) is 34.4 Å². The molecule has 0 bridgehead atoms. The molecule has 0 unspecified atom stereocenters. The van der Waals surface area contributed by atoms with Crippen molar-refractivity contribution in [1.29, 1.82) is 0 Å². The molecule has 5 heteroatoms. The number of hydrogen-bond donors (Lipinski definition) is 3. The maximum Gasteiger partial charge on any atom is 0.252 e. The summed E-state index contributed by atoms with van der Waals surface area (Å²) < 4.78 is 0. The number of nitrogens with one attached hydrogen (secondary N) is 1. The van der Waals surface area contributed by atoms with Gasteiger partial charge >= 0.3 is 0 Å². The highest BCUT2D eigenvalue weighted by molar-refractivity contribution is 6.34. The highest BCUT2D eigenvalue weighted by Gasteiger charge is 2.12. The number of carbonyl (C=O) groups is 1. The van der Waals surface area contributed by atoms with E-state index in [4.69, 9.17) is 23.1 Å². The highest BCUT2D eigenvalue weighted by atomic mass is 35.5. The Morgan fingerprint density at radius 1 is 1.38 bits per heavy atom. The van der Waals surface area contributed by atoms with Crippen LogP contribution in [0, 0.1) is 5.92 Å². The monoisotopic (exact) mass is 241 g/mol. The molecule has 0 heterocycles. The third-order valence-corrected chi connectivity index (χ3v) is 2.40. The van der Waals surface area contributed by atoms with Crippen molar-refractivity contribution in [1.82, 2.24) is 5.32 Å². The molecule has 1 aromatic rings. The van der Waals surface area contributed by atoms with Gasteiger partial charge in [-0.1, -0.05) is 25.4 Å². The Morgan fingerprint density at radius 3 is 2.50 bits per heavy atom. The van der Waals surface area contributed by atoms with Crippen molar-refractivity contribution in [2.75, 3.05) is 18.0 Å². The molecule has 0 aliphatic heterocycles. The molecule has 88 valence electrons. The average molecular weight is 242 g/mol. The number of nitrogen functional groups attached to an aromatic ring is 2. The van der Waals surface area contributed by atoms with Crippen LogP contribution < -0.4 is 16.8 Å². The van der Waals surface area contributed by atoms with Gasteiger partial charge in [0.2, 0.25) is 0 Å². The van der Waals surface area contributed by atoms with Crippen LogP contribution in [0.5, 0.6) is 0 Å². The van der Waals surface area contributed by atoms with Crippen molar-refractivity contribution in [3.05, 3.63) is 22.7 Å². The number of anilines is 2. The van der Waals surface area contributed by atoms with Crippen LogP contribution in [-0.2, 0) is 0 Å². The van der Waals surface area contributed by atoms with E-state index in [1.165, 1.54) is 12.1 Å².